The van der Waals surface area contributed by atoms with Crippen LogP contribution in [0.15, 0.2) is 78.9 Å². The lowest BCUT2D eigenvalue weighted by atomic mass is 9.70. The van der Waals surface area contributed by atoms with Crippen molar-refractivity contribution in [3.63, 3.8) is 0 Å². The number of nitrogens with zero attached hydrogens (tertiary/aromatic N) is 3. The van der Waals surface area contributed by atoms with Gasteiger partial charge in [-0.25, -0.2) is 0 Å². The molecule has 1 amide bonds. The molecule has 4 nitrogen and oxygen atoms in total. The summed E-state index contributed by atoms with van der Waals surface area (Å²) >= 11 is 12.9. The van der Waals surface area contributed by atoms with Gasteiger partial charge in [0.25, 0.3) is 5.91 Å². The van der Waals surface area contributed by atoms with Gasteiger partial charge in [0.2, 0.25) is 0 Å². The zero-order valence-corrected chi connectivity index (χ0v) is 28.1. The highest BCUT2D eigenvalue weighted by molar-refractivity contribution is 6.42. The van der Waals surface area contributed by atoms with Gasteiger partial charge in [-0.15, -0.1) is 0 Å². The Hall–Kier alpha value is -2.37. The van der Waals surface area contributed by atoms with Gasteiger partial charge in [0.1, 0.15) is 0 Å². The molecule has 2 fully saturated rings. The first kappa shape index (κ1) is 33.0. The van der Waals surface area contributed by atoms with Crippen molar-refractivity contribution in [2.24, 2.45) is 0 Å². The van der Waals surface area contributed by atoms with Crippen LogP contribution in [0.25, 0.3) is 0 Å². The number of hydrogen-bond acceptors (Lipinski definition) is 3. The van der Waals surface area contributed by atoms with E-state index in [1.807, 2.05) is 42.5 Å². The van der Waals surface area contributed by atoms with Crippen molar-refractivity contribution in [3.05, 3.63) is 106 Å². The molecule has 0 N–H and O–H groups in total. The van der Waals surface area contributed by atoms with Crippen LogP contribution in [0.3, 0.4) is 0 Å². The first-order chi connectivity index (χ1) is 21.4. The van der Waals surface area contributed by atoms with Crippen LogP contribution in [-0.2, 0) is 11.0 Å². The SMILES string of the molecule is CCCCCN(C)C1(c2ccccc2)CCN(CCCC2(c3ccc(Cl)c(Cl)c3)CCCN(C(=O)c3ccccc3)C2)CC1. The molecule has 0 aromatic heterocycles. The maximum Gasteiger partial charge on any atom is 0.253 e. The molecule has 2 aliphatic heterocycles. The van der Waals surface area contributed by atoms with Crippen molar-refractivity contribution in [2.45, 2.75) is 75.7 Å². The molecule has 2 saturated heterocycles. The largest absolute Gasteiger partial charge is 0.338 e. The van der Waals surface area contributed by atoms with E-state index in [4.69, 9.17) is 23.2 Å². The topological polar surface area (TPSA) is 26.8 Å². The number of carbonyl (C=O) groups is 1. The first-order valence-electron chi connectivity index (χ1n) is 16.7. The predicted molar refractivity (Wildman–Crippen MR) is 185 cm³/mol. The van der Waals surface area contributed by atoms with Gasteiger partial charge in [0, 0.05) is 42.7 Å². The molecular formula is C38H49Cl2N3O. The first-order valence-corrected chi connectivity index (χ1v) is 17.4. The smallest absolute Gasteiger partial charge is 0.253 e. The summed E-state index contributed by atoms with van der Waals surface area (Å²) in [5, 5.41) is 1.17. The van der Waals surface area contributed by atoms with E-state index in [2.05, 4.69) is 65.1 Å². The molecular weight excluding hydrogens is 585 g/mol. The average molecular weight is 635 g/mol. The van der Waals surface area contributed by atoms with Gasteiger partial charge >= 0.3 is 0 Å². The number of piperidine rings is 2. The summed E-state index contributed by atoms with van der Waals surface area (Å²) in [6.07, 6.45) is 10.2. The summed E-state index contributed by atoms with van der Waals surface area (Å²) in [6, 6.07) is 27.0. The molecule has 2 heterocycles. The third-order valence-corrected chi connectivity index (χ3v) is 11.1. The second kappa shape index (κ2) is 15.3. The molecule has 0 aliphatic carbocycles. The van der Waals surface area contributed by atoms with Crippen LogP contribution in [0.1, 0.15) is 86.2 Å². The molecule has 1 unspecified atom stereocenters. The van der Waals surface area contributed by atoms with Crippen molar-refractivity contribution >= 4 is 29.1 Å². The van der Waals surface area contributed by atoms with Crippen LogP contribution in [0.4, 0.5) is 0 Å². The van der Waals surface area contributed by atoms with E-state index in [0.29, 0.717) is 16.6 Å². The normalized spacial score (nSPS) is 20.6. The summed E-state index contributed by atoms with van der Waals surface area (Å²) in [7, 11) is 2.34. The monoisotopic (exact) mass is 633 g/mol. The molecule has 0 saturated carbocycles. The zero-order chi connectivity index (χ0) is 31.0. The number of rotatable bonds is 12. The van der Waals surface area contributed by atoms with Crippen LogP contribution in [0.2, 0.25) is 10.0 Å². The minimum atomic E-state index is -0.139. The Balaban J connectivity index is 1.27. The van der Waals surface area contributed by atoms with E-state index in [1.165, 1.54) is 30.4 Å². The Kier molecular flexibility index (Phi) is 11.5. The fourth-order valence-corrected chi connectivity index (χ4v) is 8.02. The summed E-state index contributed by atoms with van der Waals surface area (Å²) in [5.74, 6) is 0.117. The van der Waals surface area contributed by atoms with Crippen molar-refractivity contribution in [3.8, 4) is 0 Å². The number of halogens is 2. The Morgan fingerprint density at radius 2 is 1.52 bits per heavy atom. The van der Waals surface area contributed by atoms with Crippen LogP contribution < -0.4 is 0 Å². The molecule has 0 radical (unpaired) electrons. The second-order valence-corrected chi connectivity index (χ2v) is 13.9. The summed E-state index contributed by atoms with van der Waals surface area (Å²) in [6.45, 7) is 8.20. The van der Waals surface area contributed by atoms with Crippen molar-refractivity contribution in [1.29, 1.82) is 0 Å². The van der Waals surface area contributed by atoms with Gasteiger partial charge in [-0.05, 0) is 100 Å². The fourth-order valence-electron chi connectivity index (χ4n) is 7.72. The van der Waals surface area contributed by atoms with Crippen molar-refractivity contribution in [1.82, 2.24) is 14.7 Å². The third kappa shape index (κ3) is 7.53. The van der Waals surface area contributed by atoms with Crippen LogP contribution in [0.5, 0.6) is 0 Å². The molecule has 3 aromatic rings. The van der Waals surface area contributed by atoms with Crippen LogP contribution in [0, 0.1) is 0 Å². The third-order valence-electron chi connectivity index (χ3n) is 10.4. The number of amides is 1. The highest BCUT2D eigenvalue weighted by Crippen LogP contribution is 2.42. The van der Waals surface area contributed by atoms with Gasteiger partial charge in [-0.1, -0.05) is 97.6 Å². The second-order valence-electron chi connectivity index (χ2n) is 13.1. The lowest BCUT2D eigenvalue weighted by Gasteiger charge is -2.48. The summed E-state index contributed by atoms with van der Waals surface area (Å²) in [4.78, 5) is 20.9. The van der Waals surface area contributed by atoms with E-state index >= 15 is 0 Å². The van der Waals surface area contributed by atoms with Gasteiger partial charge in [0.05, 0.1) is 10.0 Å². The summed E-state index contributed by atoms with van der Waals surface area (Å²) < 4.78 is 0. The van der Waals surface area contributed by atoms with Crippen LogP contribution >= 0.6 is 23.2 Å². The Morgan fingerprint density at radius 3 is 2.20 bits per heavy atom. The van der Waals surface area contributed by atoms with Crippen molar-refractivity contribution in [2.75, 3.05) is 46.3 Å². The Labute approximate surface area is 275 Å². The number of hydrogen-bond donors (Lipinski definition) is 0. The van der Waals surface area contributed by atoms with Gasteiger partial charge < -0.3 is 9.80 Å². The maximum atomic E-state index is 13.5. The molecule has 44 heavy (non-hydrogen) atoms. The summed E-state index contributed by atoms with van der Waals surface area (Å²) in [5.41, 5.74) is 3.39. The standard InChI is InChI=1S/C38H49Cl2N3O/c1-3-4-11-24-41(2)38(32-16-9-6-10-17-32)22-27-42(28-23-38)25-12-20-37(33-18-19-34(39)35(40)29-33)21-13-26-43(30-37)36(44)31-14-7-5-8-15-31/h5-10,14-19,29H,3-4,11-13,20-28,30H2,1-2H3. The minimum Gasteiger partial charge on any atom is -0.338 e. The van der Waals surface area contributed by atoms with E-state index < -0.39 is 0 Å². The lowest BCUT2D eigenvalue weighted by molar-refractivity contribution is 0.0327. The van der Waals surface area contributed by atoms with Gasteiger partial charge in [-0.3, -0.25) is 9.69 Å². The number of benzene rings is 3. The van der Waals surface area contributed by atoms with E-state index in [9.17, 15) is 4.79 Å². The fraction of sp³-hybridized carbons (Fsp3) is 0.500. The molecule has 236 valence electrons. The Bertz CT molecular complexity index is 1340. The quantitative estimate of drug-likeness (QED) is 0.186. The number of carbonyl (C=O) groups excluding carboxylic acids is 1. The molecule has 5 rings (SSSR count). The highest BCUT2D eigenvalue weighted by Gasteiger charge is 2.41. The lowest BCUT2D eigenvalue weighted by Crippen LogP contribution is -2.52. The van der Waals surface area contributed by atoms with Gasteiger partial charge in [0.15, 0.2) is 0 Å². The molecule has 2 aliphatic rings. The average Bonchev–Trinajstić information content (AvgIpc) is 3.07. The zero-order valence-electron chi connectivity index (χ0n) is 26.6. The van der Waals surface area contributed by atoms with E-state index in [1.54, 1.807) is 0 Å². The molecule has 0 bridgehead atoms. The Morgan fingerprint density at radius 1 is 0.818 bits per heavy atom. The van der Waals surface area contributed by atoms with E-state index in [0.717, 1.165) is 76.8 Å². The van der Waals surface area contributed by atoms with E-state index in [-0.39, 0.29) is 16.9 Å². The molecule has 0 spiro atoms. The number of likely N-dealkylation sites (tertiary alicyclic amines) is 2. The highest BCUT2D eigenvalue weighted by atomic mass is 35.5. The maximum absolute atomic E-state index is 13.5. The molecule has 6 heteroatoms. The number of unbranched alkanes of at least 4 members (excludes halogenated alkanes) is 2. The van der Waals surface area contributed by atoms with Crippen LogP contribution in [-0.4, -0.2) is 66.9 Å². The molecule has 1 atom stereocenters. The minimum absolute atomic E-state index is 0.106. The molecule has 3 aromatic carbocycles. The predicted octanol–water partition coefficient (Wildman–Crippen LogP) is 9.06. The van der Waals surface area contributed by atoms with Gasteiger partial charge in [-0.2, -0.15) is 0 Å². The van der Waals surface area contributed by atoms with Crippen molar-refractivity contribution < 1.29 is 4.79 Å².